The average molecular weight is 324 g/mol. The summed E-state index contributed by atoms with van der Waals surface area (Å²) in [6.07, 6.45) is 1.91. The van der Waals surface area contributed by atoms with Crippen LogP contribution in [0.5, 0.6) is 0 Å². The van der Waals surface area contributed by atoms with Gasteiger partial charge < -0.3 is 9.80 Å². The van der Waals surface area contributed by atoms with Gasteiger partial charge in [0.15, 0.2) is 9.84 Å². The number of sulfone groups is 1. The second kappa shape index (κ2) is 6.28. The van der Waals surface area contributed by atoms with Gasteiger partial charge in [0, 0.05) is 38.1 Å². The van der Waals surface area contributed by atoms with Gasteiger partial charge in [-0.3, -0.25) is 4.79 Å². The highest BCUT2D eigenvalue weighted by molar-refractivity contribution is 7.92. The maximum atomic E-state index is 12.7. The van der Waals surface area contributed by atoms with Crippen molar-refractivity contribution in [1.82, 2.24) is 4.90 Å². The van der Waals surface area contributed by atoms with Crippen LogP contribution in [0.1, 0.15) is 25.8 Å². The van der Waals surface area contributed by atoms with Crippen LogP contribution >= 0.6 is 0 Å². The normalized spacial score (nSPS) is 20.3. The zero-order valence-electron chi connectivity index (χ0n) is 13.6. The molecule has 0 spiro atoms. The van der Waals surface area contributed by atoms with Gasteiger partial charge in [0.25, 0.3) is 0 Å². The van der Waals surface area contributed by atoms with E-state index in [-0.39, 0.29) is 11.9 Å². The summed E-state index contributed by atoms with van der Waals surface area (Å²) in [7, 11) is -1.38. The SMILES string of the molecule is CC[C@@H]1CN(C)c2ccccc2CN1C(=O)[C@H](C)S(C)(=O)=O. The molecule has 1 amide bonds. The van der Waals surface area contributed by atoms with Crippen molar-refractivity contribution in [1.29, 1.82) is 0 Å². The molecule has 1 heterocycles. The van der Waals surface area contributed by atoms with Crippen molar-refractivity contribution in [2.45, 2.75) is 38.1 Å². The number of hydrogen-bond acceptors (Lipinski definition) is 4. The molecule has 0 aromatic heterocycles. The Balaban J connectivity index is 2.39. The molecule has 0 bridgehead atoms. The van der Waals surface area contributed by atoms with E-state index in [1.165, 1.54) is 6.92 Å². The van der Waals surface area contributed by atoms with Crippen LogP contribution in [-0.2, 0) is 21.2 Å². The summed E-state index contributed by atoms with van der Waals surface area (Å²) in [6.45, 7) is 4.66. The van der Waals surface area contributed by atoms with Gasteiger partial charge in [0.2, 0.25) is 5.91 Å². The van der Waals surface area contributed by atoms with Crippen molar-refractivity contribution in [2.75, 3.05) is 24.7 Å². The van der Waals surface area contributed by atoms with Crippen LogP contribution < -0.4 is 4.90 Å². The van der Waals surface area contributed by atoms with Crippen LogP contribution in [0.4, 0.5) is 5.69 Å². The number of amides is 1. The molecule has 0 saturated heterocycles. The molecule has 1 aliphatic rings. The number of likely N-dealkylation sites (N-methyl/N-ethyl adjacent to an activating group) is 1. The lowest BCUT2D eigenvalue weighted by Gasteiger charge is -2.32. The number of rotatable bonds is 3. The number of para-hydroxylation sites is 1. The molecular formula is C16H24N2O3S. The quantitative estimate of drug-likeness (QED) is 0.849. The lowest BCUT2D eigenvalue weighted by molar-refractivity contribution is -0.133. The molecule has 0 unspecified atom stereocenters. The molecule has 1 aromatic rings. The number of carbonyl (C=O) groups is 1. The van der Waals surface area contributed by atoms with E-state index >= 15 is 0 Å². The highest BCUT2D eigenvalue weighted by atomic mass is 32.2. The van der Waals surface area contributed by atoms with Gasteiger partial charge in [-0.15, -0.1) is 0 Å². The number of nitrogens with zero attached hydrogens (tertiary/aromatic N) is 2. The average Bonchev–Trinajstić information content (AvgIpc) is 2.62. The van der Waals surface area contributed by atoms with Gasteiger partial charge in [-0.1, -0.05) is 25.1 Å². The number of hydrogen-bond donors (Lipinski definition) is 0. The Morgan fingerprint density at radius 2 is 2.00 bits per heavy atom. The number of fused-ring (bicyclic) bond motifs is 1. The van der Waals surface area contributed by atoms with E-state index in [0.717, 1.165) is 23.9 Å². The summed E-state index contributed by atoms with van der Waals surface area (Å²) in [5.74, 6) is -0.306. The minimum atomic E-state index is -3.39. The van der Waals surface area contributed by atoms with E-state index in [1.807, 2.05) is 38.2 Å². The van der Waals surface area contributed by atoms with Crippen molar-refractivity contribution in [2.24, 2.45) is 0 Å². The molecule has 122 valence electrons. The molecular weight excluding hydrogens is 300 g/mol. The molecule has 0 N–H and O–H groups in total. The molecule has 0 radical (unpaired) electrons. The molecule has 0 saturated carbocycles. The summed E-state index contributed by atoms with van der Waals surface area (Å²) in [5.41, 5.74) is 2.15. The largest absolute Gasteiger partial charge is 0.372 e. The summed E-state index contributed by atoms with van der Waals surface area (Å²) in [5, 5.41) is -1.00. The fourth-order valence-corrected chi connectivity index (χ4v) is 3.37. The molecule has 6 heteroatoms. The third kappa shape index (κ3) is 3.27. The van der Waals surface area contributed by atoms with Gasteiger partial charge >= 0.3 is 0 Å². The van der Waals surface area contributed by atoms with Gasteiger partial charge in [0.05, 0.1) is 0 Å². The second-order valence-corrected chi connectivity index (χ2v) is 8.38. The minimum Gasteiger partial charge on any atom is -0.372 e. The Bertz CT molecular complexity index is 657. The molecule has 22 heavy (non-hydrogen) atoms. The highest BCUT2D eigenvalue weighted by Gasteiger charge is 2.34. The first-order chi connectivity index (χ1) is 10.3. The van der Waals surface area contributed by atoms with E-state index < -0.39 is 15.1 Å². The maximum Gasteiger partial charge on any atom is 0.241 e. The Morgan fingerprint density at radius 3 is 2.59 bits per heavy atom. The second-order valence-electron chi connectivity index (χ2n) is 6.01. The fourth-order valence-electron chi connectivity index (χ4n) is 2.87. The smallest absolute Gasteiger partial charge is 0.241 e. The van der Waals surface area contributed by atoms with Crippen LogP contribution in [0, 0.1) is 0 Å². The Morgan fingerprint density at radius 1 is 1.36 bits per heavy atom. The van der Waals surface area contributed by atoms with Crippen LogP contribution in [0.3, 0.4) is 0 Å². The first-order valence-electron chi connectivity index (χ1n) is 7.54. The lowest BCUT2D eigenvalue weighted by atomic mass is 10.1. The fraction of sp³-hybridized carbons (Fsp3) is 0.562. The highest BCUT2D eigenvalue weighted by Crippen LogP contribution is 2.27. The predicted molar refractivity (Wildman–Crippen MR) is 88.6 cm³/mol. The van der Waals surface area contributed by atoms with Crippen LogP contribution in [0.25, 0.3) is 0 Å². The number of benzene rings is 1. The van der Waals surface area contributed by atoms with E-state index in [9.17, 15) is 13.2 Å². The Labute approximate surface area is 132 Å². The van der Waals surface area contributed by atoms with E-state index in [1.54, 1.807) is 4.90 Å². The molecule has 0 fully saturated rings. The van der Waals surface area contributed by atoms with Gasteiger partial charge in [-0.2, -0.15) is 0 Å². The monoisotopic (exact) mass is 324 g/mol. The summed E-state index contributed by atoms with van der Waals surface area (Å²) in [6, 6.07) is 7.97. The van der Waals surface area contributed by atoms with E-state index in [2.05, 4.69) is 4.90 Å². The Kier molecular flexibility index (Phi) is 4.80. The van der Waals surface area contributed by atoms with Gasteiger partial charge in [-0.05, 0) is 25.0 Å². The summed E-state index contributed by atoms with van der Waals surface area (Å²) >= 11 is 0. The van der Waals surface area contributed by atoms with Crippen LogP contribution in [-0.4, -0.2) is 50.4 Å². The standard InChI is InChI=1S/C16H24N2O3S/c1-5-14-11-17(3)15-9-7-6-8-13(15)10-18(14)16(19)12(2)22(4,20)21/h6-9,12,14H,5,10-11H2,1-4H3/t12-,14+/m0/s1. The van der Waals surface area contributed by atoms with Crippen molar-refractivity contribution in [3.05, 3.63) is 29.8 Å². The van der Waals surface area contributed by atoms with Gasteiger partial charge in [-0.25, -0.2) is 8.42 Å². The third-order valence-corrected chi connectivity index (χ3v) is 5.90. The molecule has 0 aliphatic carbocycles. The zero-order chi connectivity index (χ0) is 16.5. The van der Waals surface area contributed by atoms with Gasteiger partial charge in [0.1, 0.15) is 5.25 Å². The molecule has 2 atom stereocenters. The first-order valence-corrected chi connectivity index (χ1v) is 9.49. The van der Waals surface area contributed by atoms with Crippen molar-refractivity contribution in [3.8, 4) is 0 Å². The summed E-state index contributed by atoms with van der Waals surface area (Å²) < 4.78 is 23.5. The lowest BCUT2D eigenvalue weighted by Crippen LogP contribution is -2.48. The zero-order valence-corrected chi connectivity index (χ0v) is 14.4. The minimum absolute atomic E-state index is 0.00843. The topological polar surface area (TPSA) is 57.7 Å². The predicted octanol–water partition coefficient (Wildman–Crippen LogP) is 1.68. The van der Waals surface area contributed by atoms with Crippen LogP contribution in [0.2, 0.25) is 0 Å². The molecule has 5 nitrogen and oxygen atoms in total. The van der Waals surface area contributed by atoms with Crippen LogP contribution in [0.15, 0.2) is 24.3 Å². The van der Waals surface area contributed by atoms with Crippen molar-refractivity contribution < 1.29 is 13.2 Å². The maximum absolute atomic E-state index is 12.7. The van der Waals surface area contributed by atoms with Crippen molar-refractivity contribution >= 4 is 21.4 Å². The first kappa shape index (κ1) is 16.8. The third-order valence-electron chi connectivity index (χ3n) is 4.41. The van der Waals surface area contributed by atoms with Crippen molar-refractivity contribution in [3.63, 3.8) is 0 Å². The molecule has 2 rings (SSSR count). The van der Waals surface area contributed by atoms with E-state index in [0.29, 0.717) is 13.1 Å². The summed E-state index contributed by atoms with van der Waals surface area (Å²) in [4.78, 5) is 16.6. The Hall–Kier alpha value is -1.56. The van der Waals surface area contributed by atoms with E-state index in [4.69, 9.17) is 0 Å². The molecule has 1 aromatic carbocycles. The molecule has 1 aliphatic heterocycles. The number of anilines is 1. The number of carbonyl (C=O) groups excluding carboxylic acids is 1.